The Bertz CT molecular complexity index is 873. The molecule has 0 saturated heterocycles. The smallest absolute Gasteiger partial charge is 0.419 e. The van der Waals surface area contributed by atoms with Crippen molar-refractivity contribution in [3.8, 4) is 5.69 Å². The first-order chi connectivity index (χ1) is 10.9. The van der Waals surface area contributed by atoms with Gasteiger partial charge < -0.3 is 4.74 Å². The number of benzene rings is 1. The minimum atomic E-state index is -0.614. The topological polar surface area (TPSA) is 79.0 Å². The number of fused-ring (bicyclic) bond motifs is 1. The van der Waals surface area contributed by atoms with Gasteiger partial charge in [0.15, 0.2) is 6.29 Å². The Labute approximate surface area is 132 Å². The van der Waals surface area contributed by atoms with Gasteiger partial charge in [0.2, 0.25) is 0 Å². The molecule has 7 heteroatoms. The molecule has 7 nitrogen and oxygen atoms in total. The highest BCUT2D eigenvalue weighted by Gasteiger charge is 2.20. The lowest BCUT2D eigenvalue weighted by Gasteiger charge is -2.19. The lowest BCUT2D eigenvalue weighted by molar-refractivity contribution is 0.0544. The van der Waals surface area contributed by atoms with Crippen molar-refractivity contribution in [1.29, 1.82) is 0 Å². The molecule has 0 aliphatic heterocycles. The van der Waals surface area contributed by atoms with Gasteiger partial charge >= 0.3 is 6.09 Å². The molecule has 2 heterocycles. The third-order valence-electron chi connectivity index (χ3n) is 3.25. The number of rotatable bonds is 2. The molecule has 0 amide bonds. The largest absolute Gasteiger partial charge is 0.443 e. The second-order valence-corrected chi connectivity index (χ2v) is 6.12. The van der Waals surface area contributed by atoms with E-state index in [0.29, 0.717) is 16.5 Å². The van der Waals surface area contributed by atoms with Gasteiger partial charge in [0.1, 0.15) is 18.3 Å². The summed E-state index contributed by atoms with van der Waals surface area (Å²) in [4.78, 5) is 23.7. The zero-order valence-electron chi connectivity index (χ0n) is 13.1. The first kappa shape index (κ1) is 15.0. The number of hydrogen-bond donors (Lipinski definition) is 0. The van der Waals surface area contributed by atoms with Crippen molar-refractivity contribution >= 4 is 23.3 Å². The molecule has 0 bridgehead atoms. The average Bonchev–Trinajstić information content (AvgIpc) is 3.12. The molecule has 0 spiro atoms. The highest BCUT2D eigenvalue weighted by atomic mass is 16.6. The van der Waals surface area contributed by atoms with E-state index in [-0.39, 0.29) is 0 Å². The van der Waals surface area contributed by atoms with E-state index in [1.807, 2.05) is 12.1 Å². The third-order valence-corrected chi connectivity index (χ3v) is 3.25. The standard InChI is InChI=1S/C16H16N4O3/c1-16(2,3)23-15(22)20-7-11(8-21)13-6-12(4-5-14(13)20)19-9-17-18-10-19/h4-10H,1-3H3. The Morgan fingerprint density at radius 3 is 2.52 bits per heavy atom. The number of hydrogen-bond acceptors (Lipinski definition) is 5. The van der Waals surface area contributed by atoms with Gasteiger partial charge in [0, 0.05) is 22.8 Å². The zero-order chi connectivity index (χ0) is 16.6. The van der Waals surface area contributed by atoms with Crippen LogP contribution >= 0.6 is 0 Å². The van der Waals surface area contributed by atoms with E-state index in [4.69, 9.17) is 4.74 Å². The average molecular weight is 312 g/mol. The highest BCUT2D eigenvalue weighted by Crippen LogP contribution is 2.24. The molecular formula is C16H16N4O3. The Morgan fingerprint density at radius 1 is 1.22 bits per heavy atom. The van der Waals surface area contributed by atoms with Gasteiger partial charge in [-0.05, 0) is 39.0 Å². The summed E-state index contributed by atoms with van der Waals surface area (Å²) in [6, 6.07) is 5.39. The van der Waals surface area contributed by atoms with Gasteiger partial charge in [-0.1, -0.05) is 0 Å². The van der Waals surface area contributed by atoms with Crippen molar-refractivity contribution in [3.63, 3.8) is 0 Å². The summed E-state index contributed by atoms with van der Waals surface area (Å²) in [6.07, 6.45) is 4.81. The van der Waals surface area contributed by atoms with Crippen molar-refractivity contribution in [1.82, 2.24) is 19.3 Å². The van der Waals surface area contributed by atoms with Crippen LogP contribution < -0.4 is 0 Å². The summed E-state index contributed by atoms with van der Waals surface area (Å²) in [5.41, 5.74) is 1.21. The predicted molar refractivity (Wildman–Crippen MR) is 83.9 cm³/mol. The van der Waals surface area contributed by atoms with Gasteiger partial charge in [0.25, 0.3) is 0 Å². The Balaban J connectivity index is 2.11. The lowest BCUT2D eigenvalue weighted by atomic mass is 10.1. The summed E-state index contributed by atoms with van der Waals surface area (Å²) in [5.74, 6) is 0. The SMILES string of the molecule is CC(C)(C)OC(=O)n1cc(C=O)c2cc(-n3cnnc3)ccc21. The maximum Gasteiger partial charge on any atom is 0.419 e. The van der Waals surface area contributed by atoms with Crippen molar-refractivity contribution < 1.29 is 14.3 Å². The van der Waals surface area contributed by atoms with Crippen LogP contribution in [0.3, 0.4) is 0 Å². The maximum atomic E-state index is 12.3. The van der Waals surface area contributed by atoms with Crippen LogP contribution in [0.2, 0.25) is 0 Å². The first-order valence-corrected chi connectivity index (χ1v) is 7.08. The Hall–Kier alpha value is -2.96. The minimum Gasteiger partial charge on any atom is -0.443 e. The van der Waals surface area contributed by atoms with Crippen LogP contribution in [0, 0.1) is 0 Å². The molecule has 1 aromatic carbocycles. The summed E-state index contributed by atoms with van der Waals surface area (Å²) >= 11 is 0. The minimum absolute atomic E-state index is 0.417. The molecule has 0 radical (unpaired) electrons. The van der Waals surface area contributed by atoms with Gasteiger partial charge in [-0.15, -0.1) is 10.2 Å². The van der Waals surface area contributed by atoms with Gasteiger partial charge in [-0.25, -0.2) is 4.79 Å². The van der Waals surface area contributed by atoms with Gasteiger partial charge in [-0.3, -0.25) is 13.9 Å². The number of carbonyl (C=O) groups excluding carboxylic acids is 2. The number of ether oxygens (including phenoxy) is 1. The van der Waals surface area contributed by atoms with Gasteiger partial charge in [-0.2, -0.15) is 0 Å². The lowest BCUT2D eigenvalue weighted by Crippen LogP contribution is -2.26. The molecule has 3 aromatic rings. The Morgan fingerprint density at radius 2 is 1.91 bits per heavy atom. The zero-order valence-corrected chi connectivity index (χ0v) is 13.1. The number of nitrogens with zero attached hydrogens (tertiary/aromatic N) is 4. The third kappa shape index (κ3) is 2.85. The molecule has 0 atom stereocenters. The molecule has 2 aromatic heterocycles. The summed E-state index contributed by atoms with van der Waals surface area (Å²) in [6.45, 7) is 5.38. The number of carbonyl (C=O) groups is 2. The molecule has 0 fully saturated rings. The van der Waals surface area contributed by atoms with E-state index in [2.05, 4.69) is 10.2 Å². The molecular weight excluding hydrogens is 296 g/mol. The predicted octanol–water partition coefficient (Wildman–Crippen LogP) is 2.82. The van der Waals surface area contributed by atoms with E-state index in [9.17, 15) is 9.59 Å². The quantitative estimate of drug-likeness (QED) is 0.680. The van der Waals surface area contributed by atoms with Crippen molar-refractivity contribution in [3.05, 3.63) is 42.6 Å². The molecule has 0 aliphatic rings. The van der Waals surface area contributed by atoms with Crippen LogP contribution in [0.5, 0.6) is 0 Å². The van der Waals surface area contributed by atoms with Crippen LogP contribution in [-0.2, 0) is 4.74 Å². The summed E-state index contributed by atoms with van der Waals surface area (Å²) in [5, 5.41) is 8.18. The molecule has 0 saturated carbocycles. The summed E-state index contributed by atoms with van der Waals surface area (Å²) < 4.78 is 8.44. The Kier molecular flexibility index (Phi) is 3.48. The van der Waals surface area contributed by atoms with Crippen LogP contribution in [0.25, 0.3) is 16.6 Å². The molecule has 118 valence electrons. The van der Waals surface area contributed by atoms with E-state index < -0.39 is 11.7 Å². The second-order valence-electron chi connectivity index (χ2n) is 6.12. The fraction of sp³-hybridized carbons (Fsp3) is 0.250. The second kappa shape index (κ2) is 5.35. The van der Waals surface area contributed by atoms with E-state index in [1.165, 1.54) is 10.8 Å². The summed E-state index contributed by atoms with van der Waals surface area (Å²) in [7, 11) is 0. The molecule has 0 N–H and O–H groups in total. The number of aldehydes is 1. The fourth-order valence-electron chi connectivity index (χ4n) is 2.29. The molecule has 0 aliphatic carbocycles. The molecule has 3 rings (SSSR count). The van der Waals surface area contributed by atoms with Crippen LogP contribution in [0.4, 0.5) is 4.79 Å². The van der Waals surface area contributed by atoms with Crippen LogP contribution in [0.1, 0.15) is 31.1 Å². The van der Waals surface area contributed by atoms with E-state index >= 15 is 0 Å². The maximum absolute atomic E-state index is 12.3. The molecule has 0 unspecified atom stereocenters. The van der Waals surface area contributed by atoms with Crippen molar-refractivity contribution in [2.24, 2.45) is 0 Å². The fourth-order valence-corrected chi connectivity index (χ4v) is 2.29. The van der Waals surface area contributed by atoms with Crippen molar-refractivity contribution in [2.75, 3.05) is 0 Å². The normalized spacial score (nSPS) is 11.6. The highest BCUT2D eigenvalue weighted by molar-refractivity contribution is 6.02. The van der Waals surface area contributed by atoms with Crippen LogP contribution in [0.15, 0.2) is 37.1 Å². The monoisotopic (exact) mass is 312 g/mol. The molecule has 23 heavy (non-hydrogen) atoms. The number of aromatic nitrogens is 4. The van der Waals surface area contributed by atoms with E-state index in [0.717, 1.165) is 12.0 Å². The van der Waals surface area contributed by atoms with Gasteiger partial charge in [0.05, 0.1) is 5.52 Å². The first-order valence-electron chi connectivity index (χ1n) is 7.08. The van der Waals surface area contributed by atoms with Crippen molar-refractivity contribution in [2.45, 2.75) is 26.4 Å². The van der Waals surface area contributed by atoms with Crippen LogP contribution in [-0.4, -0.2) is 37.3 Å². The van der Waals surface area contributed by atoms with E-state index in [1.54, 1.807) is 44.1 Å².